The van der Waals surface area contributed by atoms with Crippen molar-refractivity contribution in [3.63, 3.8) is 0 Å². The van der Waals surface area contributed by atoms with E-state index in [1.54, 1.807) is 12.1 Å². The van der Waals surface area contributed by atoms with Crippen LogP contribution in [0.25, 0.3) is 33.1 Å². The van der Waals surface area contributed by atoms with Crippen LogP contribution in [0.1, 0.15) is 33.4 Å². The Hall–Kier alpha value is -3.76. The van der Waals surface area contributed by atoms with Gasteiger partial charge in [-0.1, -0.05) is 12.1 Å². The molecule has 0 saturated heterocycles. The fourth-order valence-corrected chi connectivity index (χ4v) is 3.70. The van der Waals surface area contributed by atoms with Crippen molar-refractivity contribution in [3.05, 3.63) is 69.8 Å². The summed E-state index contributed by atoms with van der Waals surface area (Å²) in [6.07, 6.45) is 0. The van der Waals surface area contributed by atoms with Gasteiger partial charge in [0.1, 0.15) is 23.3 Å². The summed E-state index contributed by atoms with van der Waals surface area (Å²) in [5.74, 6) is 0. The number of fused-ring (bicyclic) bond motifs is 4. The Bertz CT molecular complexity index is 1310. The smallest absolute Gasteiger partial charge is 0.171 e. The van der Waals surface area contributed by atoms with Gasteiger partial charge in [0.15, 0.2) is 11.2 Å². The molecule has 0 bridgehead atoms. The Kier molecular flexibility index (Phi) is 4.06. The molecule has 0 atom stereocenters. The molecule has 0 unspecified atom stereocenters. The highest BCUT2D eigenvalue weighted by Gasteiger charge is 2.12. The molecule has 0 aliphatic carbocycles. The van der Waals surface area contributed by atoms with Gasteiger partial charge < -0.3 is 8.83 Å². The topological polar surface area (TPSA) is 73.9 Å². The third-order valence-corrected chi connectivity index (χ3v) is 4.88. The van der Waals surface area contributed by atoms with Gasteiger partial charge in [-0.05, 0) is 62.1 Å². The van der Waals surface area contributed by atoms with Gasteiger partial charge in [-0.25, -0.2) is 0 Å². The monoisotopic (exact) mass is 366 g/mol. The van der Waals surface area contributed by atoms with E-state index in [9.17, 15) is 10.5 Å². The van der Waals surface area contributed by atoms with E-state index in [0.717, 1.165) is 44.2 Å². The van der Waals surface area contributed by atoms with Gasteiger partial charge in [0, 0.05) is 22.9 Å². The van der Waals surface area contributed by atoms with Crippen LogP contribution in [0.3, 0.4) is 0 Å². The minimum absolute atomic E-state index is 0.262. The summed E-state index contributed by atoms with van der Waals surface area (Å²) in [4.78, 5) is 0. The molecule has 0 saturated carbocycles. The molecule has 1 heterocycles. The van der Waals surface area contributed by atoms with E-state index in [1.807, 2.05) is 13.8 Å². The fraction of sp³-hybridized carbons (Fsp3) is 0.167. The third-order valence-electron chi connectivity index (χ3n) is 4.88. The minimum atomic E-state index is 0.262. The molecule has 0 aliphatic heterocycles. The van der Waals surface area contributed by atoms with Gasteiger partial charge in [0.25, 0.3) is 0 Å². The number of nitriles is 2. The zero-order valence-corrected chi connectivity index (χ0v) is 16.2. The van der Waals surface area contributed by atoms with Crippen molar-refractivity contribution in [1.82, 2.24) is 0 Å². The molecule has 136 valence electrons. The minimum Gasteiger partial charge on any atom is -0.452 e. The first kappa shape index (κ1) is 17.6. The van der Waals surface area contributed by atoms with Crippen LogP contribution in [0.5, 0.6) is 0 Å². The summed E-state index contributed by atoms with van der Waals surface area (Å²) < 4.78 is 12.5. The Morgan fingerprint density at radius 2 is 1.00 bits per heavy atom. The van der Waals surface area contributed by atoms with Crippen molar-refractivity contribution >= 4 is 33.1 Å². The molecule has 0 N–H and O–H groups in total. The van der Waals surface area contributed by atoms with Crippen molar-refractivity contribution in [2.45, 2.75) is 27.7 Å². The number of rotatable bonds is 0. The van der Waals surface area contributed by atoms with Crippen LogP contribution in [0.4, 0.5) is 0 Å². The molecule has 4 nitrogen and oxygen atoms in total. The SMILES string of the molecule is Cc1cc(C)c2oc3cc(C#N)c(C#N)cc3oc3c(C)cc(C)cc3c2c1. The lowest BCUT2D eigenvalue weighted by molar-refractivity contribution is 0.615. The molecule has 0 fully saturated rings. The van der Waals surface area contributed by atoms with Crippen LogP contribution >= 0.6 is 0 Å². The molecule has 0 aliphatic rings. The average molecular weight is 366 g/mol. The average Bonchev–Trinajstić information content (AvgIpc) is 2.64. The molecular weight excluding hydrogens is 348 g/mol. The zero-order chi connectivity index (χ0) is 20.0. The summed E-state index contributed by atoms with van der Waals surface area (Å²) in [5.41, 5.74) is 7.09. The van der Waals surface area contributed by atoms with E-state index in [2.05, 4.69) is 50.3 Å². The van der Waals surface area contributed by atoms with Gasteiger partial charge >= 0.3 is 0 Å². The van der Waals surface area contributed by atoms with E-state index in [-0.39, 0.29) is 11.1 Å². The number of aryl methyl sites for hydroxylation is 4. The molecule has 1 aromatic heterocycles. The molecule has 4 heteroatoms. The number of benzene rings is 3. The third kappa shape index (κ3) is 2.76. The van der Waals surface area contributed by atoms with E-state index in [0.29, 0.717) is 11.2 Å². The summed E-state index contributed by atoms with van der Waals surface area (Å²) in [5, 5.41) is 20.7. The van der Waals surface area contributed by atoms with Crippen LogP contribution in [0, 0.1) is 50.4 Å². The maximum Gasteiger partial charge on any atom is 0.171 e. The highest BCUT2D eigenvalue weighted by Crippen LogP contribution is 2.32. The first-order valence-electron chi connectivity index (χ1n) is 8.98. The largest absolute Gasteiger partial charge is 0.452 e. The maximum atomic E-state index is 9.40. The summed E-state index contributed by atoms with van der Waals surface area (Å²) >= 11 is 0. The Morgan fingerprint density at radius 3 is 1.36 bits per heavy atom. The van der Waals surface area contributed by atoms with Gasteiger partial charge in [-0.2, -0.15) is 10.5 Å². The molecule has 0 spiro atoms. The lowest BCUT2D eigenvalue weighted by atomic mass is 10.0. The van der Waals surface area contributed by atoms with E-state index in [4.69, 9.17) is 8.83 Å². The molecule has 0 amide bonds. The first-order chi connectivity index (χ1) is 13.4. The van der Waals surface area contributed by atoms with Gasteiger partial charge in [0.05, 0.1) is 11.1 Å². The fourth-order valence-electron chi connectivity index (χ4n) is 3.70. The molecule has 4 aromatic rings. The Labute approximate surface area is 162 Å². The summed E-state index contributed by atoms with van der Waals surface area (Å²) in [6.45, 7) is 8.11. The summed E-state index contributed by atoms with van der Waals surface area (Å²) in [7, 11) is 0. The van der Waals surface area contributed by atoms with E-state index < -0.39 is 0 Å². The Balaban J connectivity index is 2.39. The van der Waals surface area contributed by atoms with Gasteiger partial charge in [-0.15, -0.1) is 0 Å². The highest BCUT2D eigenvalue weighted by atomic mass is 16.4. The second-order valence-corrected chi connectivity index (χ2v) is 7.19. The van der Waals surface area contributed by atoms with Gasteiger partial charge in [-0.3, -0.25) is 0 Å². The summed E-state index contributed by atoms with van der Waals surface area (Å²) in [6, 6.07) is 15.6. The van der Waals surface area contributed by atoms with E-state index in [1.165, 1.54) is 0 Å². The first-order valence-corrected chi connectivity index (χ1v) is 8.98. The molecular formula is C24H18N2O2. The predicted molar refractivity (Wildman–Crippen MR) is 109 cm³/mol. The molecule has 0 radical (unpaired) electrons. The second-order valence-electron chi connectivity index (χ2n) is 7.19. The normalized spacial score (nSPS) is 10.8. The van der Waals surface area contributed by atoms with Crippen LogP contribution in [-0.2, 0) is 0 Å². The zero-order valence-electron chi connectivity index (χ0n) is 16.2. The standard InChI is InChI=1S/C24H18N2O2/c1-13-5-15(3)23-19(7-13)20-8-14(2)6-16(4)24(20)28-22-10-18(12-26)17(11-25)9-21(22)27-23/h5-10H,1-4H3. The van der Waals surface area contributed by atoms with Crippen molar-refractivity contribution in [2.75, 3.05) is 0 Å². The lowest BCUT2D eigenvalue weighted by Crippen LogP contribution is -1.88. The Morgan fingerprint density at radius 1 is 0.607 bits per heavy atom. The molecule has 3 aromatic carbocycles. The second kappa shape index (κ2) is 6.44. The van der Waals surface area contributed by atoms with Crippen molar-refractivity contribution in [2.24, 2.45) is 0 Å². The lowest BCUT2D eigenvalue weighted by Gasteiger charge is -2.09. The van der Waals surface area contributed by atoms with Crippen molar-refractivity contribution in [3.8, 4) is 12.1 Å². The van der Waals surface area contributed by atoms with Crippen molar-refractivity contribution in [1.29, 1.82) is 10.5 Å². The quantitative estimate of drug-likeness (QED) is 0.359. The van der Waals surface area contributed by atoms with Gasteiger partial charge in [0.2, 0.25) is 0 Å². The van der Waals surface area contributed by atoms with E-state index >= 15 is 0 Å². The van der Waals surface area contributed by atoms with Crippen LogP contribution < -0.4 is 0 Å². The van der Waals surface area contributed by atoms with Crippen molar-refractivity contribution < 1.29 is 8.83 Å². The molecule has 28 heavy (non-hydrogen) atoms. The van der Waals surface area contributed by atoms with Crippen LogP contribution in [0.2, 0.25) is 0 Å². The predicted octanol–water partition coefficient (Wildman–Crippen LogP) is 6.43. The van der Waals surface area contributed by atoms with Crippen LogP contribution in [-0.4, -0.2) is 0 Å². The number of hydrogen-bond acceptors (Lipinski definition) is 4. The van der Waals surface area contributed by atoms with Crippen LogP contribution in [0.15, 0.2) is 45.2 Å². The number of nitrogens with zero attached hydrogens (tertiary/aromatic N) is 2. The highest BCUT2D eigenvalue weighted by molar-refractivity contribution is 6.04. The number of hydrogen-bond donors (Lipinski definition) is 0. The molecule has 4 rings (SSSR count). The maximum absolute atomic E-state index is 9.40.